The van der Waals surface area contributed by atoms with Crippen molar-refractivity contribution >= 4 is 17.9 Å². The van der Waals surface area contributed by atoms with Crippen LogP contribution in [0.4, 0.5) is 0 Å². The Hall–Kier alpha value is -0.226. The normalized spacial score (nSPS) is 13.9. The van der Waals surface area contributed by atoms with Crippen LogP contribution >= 0.6 is 0 Å². The van der Waals surface area contributed by atoms with E-state index in [-0.39, 0.29) is 41.3 Å². The number of rotatable bonds is 18. The molecule has 0 saturated heterocycles. The van der Waals surface area contributed by atoms with Gasteiger partial charge in [0.25, 0.3) is 0 Å². The first kappa shape index (κ1) is 43.8. The minimum Gasteiger partial charge on any atom is -0.550 e. The second-order valence-corrected chi connectivity index (χ2v) is 11.4. The van der Waals surface area contributed by atoms with Gasteiger partial charge in [-0.25, -0.2) is 0 Å². The fourth-order valence-corrected chi connectivity index (χ4v) is 3.99. The Morgan fingerprint density at radius 1 is 0.459 bits per heavy atom. The van der Waals surface area contributed by atoms with E-state index in [1.54, 1.807) is 27.7 Å². The molecule has 216 valence electrons. The predicted molar refractivity (Wildman–Crippen MR) is 143 cm³/mol. The minimum atomic E-state index is -0.931. The molecule has 0 N–H and O–H groups in total. The van der Waals surface area contributed by atoms with Crippen molar-refractivity contribution in [1.29, 1.82) is 0 Å². The Kier molecular flexibility index (Phi) is 29.4. The Balaban J connectivity index is -0.000000218. The van der Waals surface area contributed by atoms with Gasteiger partial charge < -0.3 is 29.7 Å². The fourth-order valence-electron chi connectivity index (χ4n) is 3.99. The van der Waals surface area contributed by atoms with E-state index in [1.807, 2.05) is 13.8 Å². The summed E-state index contributed by atoms with van der Waals surface area (Å²) in [6.07, 6.45) is 14.1. The summed E-state index contributed by atoms with van der Waals surface area (Å²) in [5.41, 5.74) is -1.83. The van der Waals surface area contributed by atoms with Crippen molar-refractivity contribution in [2.24, 2.45) is 16.2 Å². The number of hydrogen-bond donors (Lipinski definition) is 0. The number of carbonyl (C=O) groups excluding carboxylic acids is 3. The van der Waals surface area contributed by atoms with E-state index in [2.05, 4.69) is 20.8 Å². The van der Waals surface area contributed by atoms with Gasteiger partial charge in [-0.1, -0.05) is 127 Å². The molecule has 0 saturated carbocycles. The van der Waals surface area contributed by atoms with Crippen molar-refractivity contribution in [2.45, 2.75) is 159 Å². The molecule has 0 aliphatic rings. The van der Waals surface area contributed by atoms with Gasteiger partial charge in [-0.3, -0.25) is 0 Å². The van der Waals surface area contributed by atoms with Gasteiger partial charge in [0.05, 0.1) is 0 Å². The van der Waals surface area contributed by atoms with Crippen LogP contribution < -0.4 is 15.3 Å². The second kappa shape index (κ2) is 24.8. The molecule has 0 aromatic heterocycles. The minimum absolute atomic E-state index is 0. The van der Waals surface area contributed by atoms with E-state index in [4.69, 9.17) is 0 Å². The Morgan fingerprint density at radius 3 is 1.05 bits per heavy atom. The van der Waals surface area contributed by atoms with Crippen molar-refractivity contribution in [3.8, 4) is 0 Å². The maximum absolute atomic E-state index is 10.8. The molecule has 0 radical (unpaired) electrons. The number of unbranched alkanes of at least 4 members (excludes halogenated alkanes) is 5. The van der Waals surface area contributed by atoms with Crippen molar-refractivity contribution in [1.82, 2.24) is 0 Å². The Morgan fingerprint density at radius 2 is 0.811 bits per heavy atom. The van der Waals surface area contributed by atoms with E-state index >= 15 is 0 Å². The average Bonchev–Trinajstić information content (AvgIpc) is 2.80. The largest absolute Gasteiger partial charge is 3.00 e. The van der Waals surface area contributed by atoms with Gasteiger partial charge in [-0.2, -0.15) is 0 Å². The summed E-state index contributed by atoms with van der Waals surface area (Å²) >= 11 is 0. The molecule has 0 heterocycles. The van der Waals surface area contributed by atoms with Crippen LogP contribution in [0.1, 0.15) is 159 Å². The van der Waals surface area contributed by atoms with Crippen molar-refractivity contribution in [3.63, 3.8) is 0 Å². The standard InChI is InChI=1S/3C10H20O2.Pr/c1-4-5-6-7-8-10(2,3)9(11)12;2*1-4-6-8-10(3,7-5-2)9(11)12;/h3*4-8H2,1-3H3,(H,11,12);/q;;;+3/p-3. The molecule has 0 bridgehead atoms. The van der Waals surface area contributed by atoms with Gasteiger partial charge in [0, 0.05) is 34.2 Å². The third-order valence-electron chi connectivity index (χ3n) is 6.96. The molecular formula is C30H57O6Pr. The summed E-state index contributed by atoms with van der Waals surface area (Å²) in [6, 6.07) is 0. The SMILES string of the molecule is CCCCC(C)(CCC)C(=O)[O-].CCCCC(C)(CCC)C(=O)[O-].CCCCCCC(C)(C)C(=O)[O-].[Pr+3]. The van der Waals surface area contributed by atoms with Crippen molar-refractivity contribution in [3.05, 3.63) is 0 Å². The number of hydrogen-bond acceptors (Lipinski definition) is 6. The van der Waals surface area contributed by atoms with Gasteiger partial charge in [0.15, 0.2) is 0 Å². The van der Waals surface area contributed by atoms with E-state index in [1.165, 1.54) is 12.8 Å². The zero-order valence-electron chi connectivity index (χ0n) is 25.6. The van der Waals surface area contributed by atoms with Gasteiger partial charge in [-0.05, 0) is 32.1 Å². The molecule has 0 amide bonds. The van der Waals surface area contributed by atoms with Crippen molar-refractivity contribution < 1.29 is 71.0 Å². The number of carbonyl (C=O) groups is 3. The van der Waals surface area contributed by atoms with Gasteiger partial charge >= 0.3 is 41.3 Å². The summed E-state index contributed by atoms with van der Waals surface area (Å²) in [5.74, 6) is -2.71. The van der Waals surface area contributed by atoms with Gasteiger partial charge in [0.2, 0.25) is 0 Å². The Bertz CT molecular complexity index is 559. The number of carboxylic acid groups (broad SMARTS) is 3. The van der Waals surface area contributed by atoms with E-state index in [9.17, 15) is 29.7 Å². The third kappa shape index (κ3) is 22.3. The van der Waals surface area contributed by atoms with Crippen LogP contribution in [-0.2, 0) is 14.4 Å². The molecule has 6 nitrogen and oxygen atoms in total. The molecule has 7 heteroatoms. The molecular weight excluding hydrogens is 597 g/mol. The Labute approximate surface area is 262 Å². The molecule has 37 heavy (non-hydrogen) atoms. The van der Waals surface area contributed by atoms with E-state index in [0.717, 1.165) is 83.5 Å². The zero-order chi connectivity index (χ0) is 28.8. The summed E-state index contributed by atoms with van der Waals surface area (Å²) in [6.45, 7) is 17.3. The van der Waals surface area contributed by atoms with Gasteiger partial charge in [0.1, 0.15) is 0 Å². The number of carboxylic acids is 3. The fraction of sp³-hybridized carbons (Fsp3) is 0.900. The summed E-state index contributed by atoms with van der Waals surface area (Å²) < 4.78 is 0. The maximum Gasteiger partial charge on any atom is 3.00 e. The quantitative estimate of drug-likeness (QED) is 0.188. The van der Waals surface area contributed by atoms with Crippen LogP contribution in [0, 0.1) is 57.5 Å². The van der Waals surface area contributed by atoms with E-state index < -0.39 is 34.2 Å². The molecule has 0 rings (SSSR count). The molecule has 2 unspecified atom stereocenters. The summed E-state index contributed by atoms with van der Waals surface area (Å²) in [7, 11) is 0. The van der Waals surface area contributed by atoms with Crippen LogP contribution in [0.25, 0.3) is 0 Å². The smallest absolute Gasteiger partial charge is 0.550 e. The van der Waals surface area contributed by atoms with Crippen molar-refractivity contribution in [2.75, 3.05) is 0 Å². The van der Waals surface area contributed by atoms with Crippen LogP contribution in [0.3, 0.4) is 0 Å². The third-order valence-corrected chi connectivity index (χ3v) is 6.96. The molecule has 0 aliphatic heterocycles. The molecule has 0 aliphatic carbocycles. The molecule has 0 spiro atoms. The molecule has 0 aromatic rings. The van der Waals surface area contributed by atoms with E-state index in [0.29, 0.717) is 0 Å². The topological polar surface area (TPSA) is 120 Å². The van der Waals surface area contributed by atoms with Crippen LogP contribution in [-0.4, -0.2) is 17.9 Å². The van der Waals surface area contributed by atoms with Crippen LogP contribution in [0.15, 0.2) is 0 Å². The van der Waals surface area contributed by atoms with Crippen LogP contribution in [0.2, 0.25) is 0 Å². The predicted octanol–water partition coefficient (Wildman–Crippen LogP) is 5.20. The average molecular weight is 655 g/mol. The summed E-state index contributed by atoms with van der Waals surface area (Å²) in [5, 5.41) is 32.2. The molecule has 2 atom stereocenters. The van der Waals surface area contributed by atoms with Crippen LogP contribution in [0.5, 0.6) is 0 Å². The first-order chi connectivity index (χ1) is 16.6. The zero-order valence-corrected chi connectivity index (χ0v) is 29.3. The molecule has 0 aromatic carbocycles. The summed E-state index contributed by atoms with van der Waals surface area (Å²) in [4.78, 5) is 32.2. The second-order valence-electron chi connectivity index (χ2n) is 11.4. The molecule has 0 fully saturated rings. The maximum atomic E-state index is 10.8. The first-order valence-corrected chi connectivity index (χ1v) is 14.3. The van der Waals surface area contributed by atoms with Gasteiger partial charge in [-0.15, -0.1) is 0 Å². The monoisotopic (exact) mass is 654 g/mol. The first-order valence-electron chi connectivity index (χ1n) is 14.3. The number of aliphatic carboxylic acids is 3.